The molecule has 1 aromatic carbocycles. The van der Waals surface area contributed by atoms with E-state index in [2.05, 4.69) is 0 Å². The van der Waals surface area contributed by atoms with Crippen LogP contribution >= 0.6 is 0 Å². The van der Waals surface area contributed by atoms with Gasteiger partial charge in [0.05, 0.1) is 5.54 Å². The van der Waals surface area contributed by atoms with Crippen molar-refractivity contribution in [1.29, 1.82) is 0 Å². The first-order chi connectivity index (χ1) is 7.17. The summed E-state index contributed by atoms with van der Waals surface area (Å²) in [5.41, 5.74) is 6.97. The molecular weight excluding hydrogens is 193 g/mol. The van der Waals surface area contributed by atoms with E-state index in [-0.39, 0.29) is 17.5 Å². The zero-order chi connectivity index (χ0) is 10.5. The van der Waals surface area contributed by atoms with Crippen LogP contribution < -0.4 is 10.5 Å². The first-order valence-corrected chi connectivity index (χ1v) is 5.41. The second-order valence-corrected chi connectivity index (χ2v) is 4.63. The first kappa shape index (κ1) is 9.16. The maximum absolute atomic E-state index is 13.0. The van der Waals surface area contributed by atoms with Crippen molar-refractivity contribution in [3.8, 4) is 5.75 Å². The van der Waals surface area contributed by atoms with Gasteiger partial charge in [0, 0.05) is 0 Å². The van der Waals surface area contributed by atoms with Gasteiger partial charge in [-0.05, 0) is 49.4 Å². The lowest BCUT2D eigenvalue weighted by Crippen LogP contribution is -2.43. The fourth-order valence-corrected chi connectivity index (χ4v) is 2.23. The zero-order valence-corrected chi connectivity index (χ0v) is 8.50. The van der Waals surface area contributed by atoms with Crippen LogP contribution in [0.2, 0.25) is 0 Å². The minimum Gasteiger partial charge on any atom is -0.488 e. The van der Waals surface area contributed by atoms with E-state index in [0.717, 1.165) is 37.0 Å². The van der Waals surface area contributed by atoms with Crippen LogP contribution in [0.1, 0.15) is 24.8 Å². The van der Waals surface area contributed by atoms with Gasteiger partial charge in [-0.3, -0.25) is 0 Å². The number of hydrogen-bond acceptors (Lipinski definition) is 2. The van der Waals surface area contributed by atoms with E-state index in [1.807, 2.05) is 0 Å². The molecule has 3 rings (SSSR count). The highest BCUT2D eigenvalue weighted by Crippen LogP contribution is 2.42. The SMILES string of the molecule is NC1(C2CCc3cc(F)ccc3O2)CC1. The summed E-state index contributed by atoms with van der Waals surface area (Å²) in [6, 6.07) is 4.71. The van der Waals surface area contributed by atoms with Gasteiger partial charge in [-0.2, -0.15) is 0 Å². The molecular formula is C12H14FNO. The Bertz CT molecular complexity index is 401. The fourth-order valence-electron chi connectivity index (χ4n) is 2.23. The van der Waals surface area contributed by atoms with Gasteiger partial charge < -0.3 is 10.5 Å². The summed E-state index contributed by atoms with van der Waals surface area (Å²) in [7, 11) is 0. The number of ether oxygens (including phenoxy) is 1. The van der Waals surface area contributed by atoms with Crippen LogP contribution in [0.5, 0.6) is 5.75 Å². The molecule has 2 N–H and O–H groups in total. The van der Waals surface area contributed by atoms with E-state index in [4.69, 9.17) is 10.5 Å². The molecule has 1 aliphatic heterocycles. The van der Waals surface area contributed by atoms with Crippen LogP contribution in [-0.2, 0) is 6.42 Å². The summed E-state index contributed by atoms with van der Waals surface area (Å²) in [5, 5.41) is 0. The van der Waals surface area contributed by atoms with Gasteiger partial charge in [-0.15, -0.1) is 0 Å². The van der Waals surface area contributed by atoms with Crippen LogP contribution in [0.15, 0.2) is 18.2 Å². The molecule has 1 unspecified atom stereocenters. The largest absolute Gasteiger partial charge is 0.488 e. The van der Waals surface area contributed by atoms with Crippen molar-refractivity contribution >= 4 is 0 Å². The molecule has 0 bridgehead atoms. The van der Waals surface area contributed by atoms with Crippen molar-refractivity contribution in [2.45, 2.75) is 37.3 Å². The standard InChI is InChI=1S/C12H14FNO/c13-9-2-3-10-8(7-9)1-4-11(15-10)12(14)5-6-12/h2-3,7,11H,1,4-6,14H2. The first-order valence-electron chi connectivity index (χ1n) is 5.41. The van der Waals surface area contributed by atoms with Gasteiger partial charge in [-0.25, -0.2) is 4.39 Å². The van der Waals surface area contributed by atoms with Gasteiger partial charge in [0.1, 0.15) is 17.7 Å². The van der Waals surface area contributed by atoms with E-state index >= 15 is 0 Å². The van der Waals surface area contributed by atoms with Crippen LogP contribution in [0, 0.1) is 5.82 Å². The summed E-state index contributed by atoms with van der Waals surface area (Å²) in [6.45, 7) is 0. The second kappa shape index (κ2) is 2.95. The molecule has 0 radical (unpaired) electrons. The van der Waals surface area contributed by atoms with Gasteiger partial charge in [0.15, 0.2) is 0 Å². The molecule has 3 heteroatoms. The van der Waals surface area contributed by atoms with E-state index in [1.54, 1.807) is 12.1 Å². The number of benzene rings is 1. The predicted molar refractivity (Wildman–Crippen MR) is 55.3 cm³/mol. The Morgan fingerprint density at radius 3 is 2.93 bits per heavy atom. The average Bonchev–Trinajstić information content (AvgIpc) is 2.97. The summed E-state index contributed by atoms with van der Waals surface area (Å²) in [4.78, 5) is 0. The van der Waals surface area contributed by atoms with Crippen molar-refractivity contribution in [3.05, 3.63) is 29.6 Å². The van der Waals surface area contributed by atoms with Crippen LogP contribution in [0.25, 0.3) is 0 Å². The number of hydrogen-bond donors (Lipinski definition) is 1. The minimum atomic E-state index is -0.190. The van der Waals surface area contributed by atoms with Gasteiger partial charge in [-0.1, -0.05) is 0 Å². The molecule has 0 spiro atoms. The molecule has 1 saturated carbocycles. The van der Waals surface area contributed by atoms with Crippen molar-refractivity contribution in [1.82, 2.24) is 0 Å². The zero-order valence-electron chi connectivity index (χ0n) is 8.50. The fraction of sp³-hybridized carbons (Fsp3) is 0.500. The molecule has 1 atom stereocenters. The van der Waals surface area contributed by atoms with Crippen LogP contribution in [-0.4, -0.2) is 11.6 Å². The Morgan fingerprint density at radius 2 is 2.20 bits per heavy atom. The van der Waals surface area contributed by atoms with Gasteiger partial charge >= 0.3 is 0 Å². The molecule has 80 valence electrons. The molecule has 0 amide bonds. The third-order valence-corrected chi connectivity index (χ3v) is 3.44. The number of halogens is 1. The molecule has 1 fully saturated rings. The molecule has 1 aliphatic carbocycles. The lowest BCUT2D eigenvalue weighted by Gasteiger charge is -2.30. The Kier molecular flexibility index (Phi) is 1.80. The smallest absolute Gasteiger partial charge is 0.123 e. The summed E-state index contributed by atoms with van der Waals surface area (Å²) < 4.78 is 18.8. The van der Waals surface area contributed by atoms with Gasteiger partial charge in [0.2, 0.25) is 0 Å². The minimum absolute atomic E-state index is 0.105. The lowest BCUT2D eigenvalue weighted by molar-refractivity contribution is 0.135. The summed E-state index contributed by atoms with van der Waals surface area (Å²) >= 11 is 0. The Balaban J connectivity index is 1.87. The predicted octanol–water partition coefficient (Wildman–Crippen LogP) is 2.01. The summed E-state index contributed by atoms with van der Waals surface area (Å²) in [6.07, 6.45) is 4.00. The van der Waals surface area contributed by atoms with Gasteiger partial charge in [0.25, 0.3) is 0 Å². The molecule has 1 heterocycles. The molecule has 2 nitrogen and oxygen atoms in total. The number of fused-ring (bicyclic) bond motifs is 1. The van der Waals surface area contributed by atoms with Crippen molar-refractivity contribution in [2.75, 3.05) is 0 Å². The summed E-state index contributed by atoms with van der Waals surface area (Å²) in [5.74, 6) is 0.619. The Hall–Kier alpha value is -1.09. The molecule has 0 saturated heterocycles. The second-order valence-electron chi connectivity index (χ2n) is 4.63. The number of nitrogens with two attached hydrogens (primary N) is 1. The monoisotopic (exact) mass is 207 g/mol. The van der Waals surface area contributed by atoms with E-state index in [0.29, 0.717) is 0 Å². The highest BCUT2D eigenvalue weighted by molar-refractivity contribution is 5.36. The molecule has 0 aromatic heterocycles. The van der Waals surface area contributed by atoms with Crippen molar-refractivity contribution in [2.24, 2.45) is 5.73 Å². The Labute approximate surface area is 88.2 Å². The number of rotatable bonds is 1. The highest BCUT2D eigenvalue weighted by Gasteiger charge is 2.48. The normalized spacial score (nSPS) is 26.7. The average molecular weight is 207 g/mol. The van der Waals surface area contributed by atoms with Crippen molar-refractivity contribution < 1.29 is 9.13 Å². The molecule has 2 aliphatic rings. The van der Waals surface area contributed by atoms with E-state index in [9.17, 15) is 4.39 Å². The molecule has 1 aromatic rings. The topological polar surface area (TPSA) is 35.2 Å². The maximum Gasteiger partial charge on any atom is 0.123 e. The third-order valence-electron chi connectivity index (χ3n) is 3.44. The van der Waals surface area contributed by atoms with Crippen LogP contribution in [0.3, 0.4) is 0 Å². The van der Waals surface area contributed by atoms with E-state index in [1.165, 1.54) is 6.07 Å². The number of aryl methyl sites for hydroxylation is 1. The van der Waals surface area contributed by atoms with Crippen molar-refractivity contribution in [3.63, 3.8) is 0 Å². The maximum atomic E-state index is 13.0. The molecule has 15 heavy (non-hydrogen) atoms. The van der Waals surface area contributed by atoms with E-state index < -0.39 is 0 Å². The quantitative estimate of drug-likeness (QED) is 0.764. The lowest BCUT2D eigenvalue weighted by atomic mass is 9.97. The third kappa shape index (κ3) is 1.51. The Morgan fingerprint density at radius 1 is 1.40 bits per heavy atom. The van der Waals surface area contributed by atoms with Crippen LogP contribution in [0.4, 0.5) is 4.39 Å². The highest BCUT2D eigenvalue weighted by atomic mass is 19.1.